The van der Waals surface area contributed by atoms with Gasteiger partial charge in [0.05, 0.1) is 6.42 Å². The molecule has 0 atom stereocenters. The first-order chi connectivity index (χ1) is 4.16. The summed E-state index contributed by atoms with van der Waals surface area (Å²) in [5, 5.41) is 17.8. The molecule has 0 aliphatic carbocycles. The molecule has 0 aliphatic rings. The Bertz CT molecular complexity index is 98.9. The van der Waals surface area contributed by atoms with Crippen LogP contribution in [0, 0.1) is 0 Å². The van der Waals surface area contributed by atoms with Gasteiger partial charge in [-0.05, 0) is 0 Å². The molecule has 0 bridgehead atoms. The van der Waals surface area contributed by atoms with Crippen LogP contribution in [0.2, 0.25) is 0 Å². The molecule has 0 saturated carbocycles. The van der Waals surface area contributed by atoms with Gasteiger partial charge in [-0.3, -0.25) is 4.79 Å². The van der Waals surface area contributed by atoms with Gasteiger partial charge in [0.2, 0.25) is 0 Å². The molecule has 0 unspecified atom stereocenters. The summed E-state index contributed by atoms with van der Waals surface area (Å²) in [7, 11) is 0. The van der Waals surface area contributed by atoms with Crippen LogP contribution in [0.1, 0.15) is 13.3 Å². The maximum absolute atomic E-state index is 9.88. The molecule has 0 aromatic heterocycles. The quantitative estimate of drug-likeness (QED) is 0.427. The van der Waals surface area contributed by atoms with E-state index < -0.39 is 5.97 Å². The van der Waals surface area contributed by atoms with E-state index in [1.807, 2.05) is 0 Å². The molecule has 0 fully saturated rings. The van der Waals surface area contributed by atoms with Crippen molar-refractivity contribution in [1.29, 1.82) is 0 Å². The zero-order valence-electron chi connectivity index (χ0n) is 5.37. The molecule has 0 aliphatic heterocycles. The fourth-order valence-electron chi connectivity index (χ4n) is 0.383. The van der Waals surface area contributed by atoms with Crippen LogP contribution in [0.4, 0.5) is 0 Å². The maximum atomic E-state index is 9.88. The first-order valence-electron chi connectivity index (χ1n) is 2.82. The van der Waals surface area contributed by atoms with E-state index in [9.17, 15) is 4.79 Å². The number of hydrogen-bond acceptors (Lipinski definition) is 3. The molecule has 4 nitrogen and oxygen atoms in total. The summed E-state index contributed by atoms with van der Waals surface area (Å²) in [5.41, 5.74) is 0. The molecule has 0 rings (SSSR count). The average molecular weight is 157 g/mol. The first-order valence-corrected chi connectivity index (χ1v) is 2.82. The van der Waals surface area contributed by atoms with Crippen molar-refractivity contribution in [2.45, 2.75) is 13.3 Å². The van der Waals surface area contributed by atoms with Crippen molar-refractivity contribution in [3.8, 4) is 0 Å². The SMILES string of the molecule is CCN(O)CCC(=O)O.[NaH]. The van der Waals surface area contributed by atoms with Crippen molar-refractivity contribution in [3.05, 3.63) is 0 Å². The molecular weight excluding hydrogens is 145 g/mol. The summed E-state index contributed by atoms with van der Waals surface area (Å²) in [6.45, 7) is 2.42. The number of carboxylic acid groups (broad SMARTS) is 1. The normalized spacial score (nSPS) is 9.10. The van der Waals surface area contributed by atoms with Crippen LogP contribution in [0.5, 0.6) is 0 Å². The topological polar surface area (TPSA) is 60.8 Å². The molecule has 0 aromatic rings. The third-order valence-electron chi connectivity index (χ3n) is 0.949. The van der Waals surface area contributed by atoms with Gasteiger partial charge in [-0.1, -0.05) is 6.92 Å². The van der Waals surface area contributed by atoms with Gasteiger partial charge < -0.3 is 10.3 Å². The zero-order valence-corrected chi connectivity index (χ0v) is 5.37. The summed E-state index contributed by atoms with van der Waals surface area (Å²) in [6, 6.07) is 0. The summed E-state index contributed by atoms with van der Waals surface area (Å²) in [6.07, 6.45) is -0.00958. The summed E-state index contributed by atoms with van der Waals surface area (Å²) < 4.78 is 0. The number of aliphatic carboxylic acids is 1. The third-order valence-corrected chi connectivity index (χ3v) is 0.949. The monoisotopic (exact) mass is 157 g/mol. The molecule has 0 amide bonds. The standard InChI is InChI=1S/C5H11NO3.Na.H/c1-2-6(9)4-3-5(7)8;;/h9H,2-4H2,1H3,(H,7,8);;. The minimum atomic E-state index is -0.887. The second kappa shape index (κ2) is 7.50. The van der Waals surface area contributed by atoms with Crippen LogP contribution in [-0.4, -0.2) is 64.0 Å². The van der Waals surface area contributed by atoms with E-state index in [0.717, 1.165) is 5.06 Å². The Balaban J connectivity index is 0. The van der Waals surface area contributed by atoms with Gasteiger partial charge in [0, 0.05) is 13.1 Å². The van der Waals surface area contributed by atoms with Crippen molar-refractivity contribution < 1.29 is 15.1 Å². The van der Waals surface area contributed by atoms with Crippen molar-refractivity contribution >= 4 is 35.5 Å². The number of rotatable bonds is 4. The van der Waals surface area contributed by atoms with Gasteiger partial charge in [0.1, 0.15) is 0 Å². The molecule has 0 aromatic carbocycles. The summed E-state index contributed by atoms with van der Waals surface area (Å²) in [4.78, 5) is 9.88. The number of nitrogens with zero attached hydrogens (tertiary/aromatic N) is 1. The predicted molar refractivity (Wildman–Crippen MR) is 38.4 cm³/mol. The van der Waals surface area contributed by atoms with Crippen molar-refractivity contribution in [2.75, 3.05) is 13.1 Å². The summed E-state index contributed by atoms with van der Waals surface area (Å²) in [5.74, 6) is -0.887. The van der Waals surface area contributed by atoms with E-state index >= 15 is 0 Å². The Morgan fingerprint density at radius 3 is 2.40 bits per heavy atom. The van der Waals surface area contributed by atoms with Gasteiger partial charge in [-0.2, -0.15) is 5.06 Å². The average Bonchev–Trinajstić information content (AvgIpc) is 1.83. The molecule has 0 spiro atoms. The molecule has 56 valence electrons. The van der Waals surface area contributed by atoms with E-state index in [1.165, 1.54) is 0 Å². The van der Waals surface area contributed by atoms with Crippen LogP contribution in [0.25, 0.3) is 0 Å². The molecule has 5 heteroatoms. The van der Waals surface area contributed by atoms with E-state index in [0.29, 0.717) is 6.54 Å². The van der Waals surface area contributed by atoms with Gasteiger partial charge in [0.15, 0.2) is 0 Å². The molecule has 0 heterocycles. The van der Waals surface area contributed by atoms with Gasteiger partial charge >= 0.3 is 35.5 Å². The van der Waals surface area contributed by atoms with Crippen LogP contribution in [-0.2, 0) is 4.79 Å². The van der Waals surface area contributed by atoms with Gasteiger partial charge in [0.25, 0.3) is 0 Å². The Morgan fingerprint density at radius 2 is 2.10 bits per heavy atom. The minimum absolute atomic E-state index is 0. The third kappa shape index (κ3) is 8.39. The van der Waals surface area contributed by atoms with Crippen LogP contribution >= 0.6 is 0 Å². The van der Waals surface area contributed by atoms with Gasteiger partial charge in [-0.15, -0.1) is 0 Å². The fourth-order valence-corrected chi connectivity index (χ4v) is 0.383. The number of hydrogen-bond donors (Lipinski definition) is 2. The van der Waals surface area contributed by atoms with Crippen LogP contribution in [0.15, 0.2) is 0 Å². The number of carboxylic acids is 1. The Labute approximate surface area is 82.1 Å². The second-order valence-electron chi connectivity index (χ2n) is 1.69. The van der Waals surface area contributed by atoms with E-state index in [2.05, 4.69) is 0 Å². The Hall–Kier alpha value is 0.390. The van der Waals surface area contributed by atoms with Crippen molar-refractivity contribution in [3.63, 3.8) is 0 Å². The number of hydroxylamine groups is 2. The zero-order chi connectivity index (χ0) is 7.28. The Morgan fingerprint density at radius 1 is 1.60 bits per heavy atom. The predicted octanol–water partition coefficient (Wildman–Crippen LogP) is -0.476. The molecule has 10 heavy (non-hydrogen) atoms. The molecule has 0 saturated heterocycles. The molecular formula is C5H12NNaO3. The van der Waals surface area contributed by atoms with E-state index in [4.69, 9.17) is 10.3 Å². The first kappa shape index (κ1) is 13.0. The van der Waals surface area contributed by atoms with E-state index in [-0.39, 0.29) is 42.5 Å². The van der Waals surface area contributed by atoms with Crippen molar-refractivity contribution in [1.82, 2.24) is 5.06 Å². The van der Waals surface area contributed by atoms with Crippen molar-refractivity contribution in [2.24, 2.45) is 0 Å². The van der Waals surface area contributed by atoms with Crippen LogP contribution < -0.4 is 0 Å². The summed E-state index contributed by atoms with van der Waals surface area (Å²) >= 11 is 0. The van der Waals surface area contributed by atoms with E-state index in [1.54, 1.807) is 6.92 Å². The molecule has 2 N–H and O–H groups in total. The van der Waals surface area contributed by atoms with Gasteiger partial charge in [-0.25, -0.2) is 0 Å². The Kier molecular flexibility index (Phi) is 9.76. The second-order valence-corrected chi connectivity index (χ2v) is 1.69. The van der Waals surface area contributed by atoms with Crippen LogP contribution in [0.3, 0.4) is 0 Å². The number of carbonyl (C=O) groups is 1. The molecule has 0 radical (unpaired) electrons. The fraction of sp³-hybridized carbons (Fsp3) is 0.800.